The topological polar surface area (TPSA) is 65.1 Å². The van der Waals surface area contributed by atoms with E-state index in [4.69, 9.17) is 14.2 Å². The molecule has 0 atom stereocenters. The van der Waals surface area contributed by atoms with E-state index in [0.29, 0.717) is 11.6 Å². The van der Waals surface area contributed by atoms with Gasteiger partial charge in [0, 0.05) is 13.1 Å². The number of methoxy groups -OCH3 is 1. The molecule has 162 valence electrons. The molecular weight excluding hydrogens is 382 g/mol. The molecule has 1 saturated carbocycles. The minimum absolute atomic E-state index is 0.123. The van der Waals surface area contributed by atoms with Crippen molar-refractivity contribution in [3.63, 3.8) is 0 Å². The number of piperidine rings is 1. The summed E-state index contributed by atoms with van der Waals surface area (Å²) < 4.78 is 17.3. The number of hydrogen-bond donors (Lipinski definition) is 0. The zero-order chi connectivity index (χ0) is 21.3. The molecule has 2 aliphatic rings. The second-order valence-electron chi connectivity index (χ2n) is 8.70. The van der Waals surface area contributed by atoms with Gasteiger partial charge in [0.2, 0.25) is 0 Å². The maximum absolute atomic E-state index is 12.1. The number of anilines is 1. The third kappa shape index (κ3) is 4.05. The summed E-state index contributed by atoms with van der Waals surface area (Å²) in [6.45, 7) is 5.19. The Morgan fingerprint density at radius 1 is 0.967 bits per heavy atom. The van der Waals surface area contributed by atoms with Gasteiger partial charge in [0.05, 0.1) is 19.3 Å². The zero-order valence-electron chi connectivity index (χ0n) is 18.1. The summed E-state index contributed by atoms with van der Waals surface area (Å²) >= 11 is 0. The Kier molecular flexibility index (Phi) is 6.02. The van der Waals surface area contributed by atoms with E-state index in [9.17, 15) is 9.59 Å². The van der Waals surface area contributed by atoms with E-state index >= 15 is 0 Å². The lowest BCUT2D eigenvalue weighted by atomic mass is 9.88. The Bertz CT molecular complexity index is 945. The van der Waals surface area contributed by atoms with Crippen molar-refractivity contribution >= 4 is 5.69 Å². The lowest BCUT2D eigenvalue weighted by Gasteiger charge is -2.35. The molecule has 6 nitrogen and oxygen atoms in total. The first-order chi connectivity index (χ1) is 14.5. The third-order valence-electron chi connectivity index (χ3n) is 6.26. The molecule has 4 rings (SSSR count). The lowest BCUT2D eigenvalue weighted by Crippen LogP contribution is -2.45. The average molecular weight is 414 g/mol. The van der Waals surface area contributed by atoms with Crippen LogP contribution < -0.4 is 30.0 Å². The van der Waals surface area contributed by atoms with Crippen LogP contribution >= 0.6 is 0 Å². The predicted molar refractivity (Wildman–Crippen MR) is 117 cm³/mol. The monoisotopic (exact) mass is 413 g/mol. The molecule has 0 bridgehead atoms. The number of rotatable bonds is 7. The summed E-state index contributed by atoms with van der Waals surface area (Å²) in [5, 5.41) is 0. The Balaban J connectivity index is 1.45. The summed E-state index contributed by atoms with van der Waals surface area (Å²) in [5.41, 5.74) is 0.796. The molecule has 1 heterocycles. The number of ether oxygens (including phenoxy) is 3. The molecule has 0 N–H and O–H groups in total. The van der Waals surface area contributed by atoms with Gasteiger partial charge in [0.15, 0.2) is 17.2 Å². The molecule has 0 aromatic heterocycles. The van der Waals surface area contributed by atoms with E-state index in [1.165, 1.54) is 18.4 Å². The molecule has 2 fully saturated rings. The van der Waals surface area contributed by atoms with E-state index in [1.807, 2.05) is 24.8 Å². The maximum atomic E-state index is 12.1. The molecule has 0 spiro atoms. The van der Waals surface area contributed by atoms with Gasteiger partial charge < -0.3 is 19.1 Å². The number of hydrogen-bond acceptors (Lipinski definition) is 6. The van der Waals surface area contributed by atoms with E-state index in [2.05, 4.69) is 12.1 Å². The fourth-order valence-electron chi connectivity index (χ4n) is 4.65. The standard InChI is InChI=1S/C24H31NO5/c1-15(2)29-24-21(22(26)23(24)27)25-12-10-16(11-13-25)17-8-9-19(28-3)20(14-17)30-18-6-4-5-7-18/h8-9,14-16,18H,4-7,10-13H2,1-3H3. The quantitative estimate of drug-likeness (QED) is 0.644. The van der Waals surface area contributed by atoms with Gasteiger partial charge in [0.25, 0.3) is 10.9 Å². The van der Waals surface area contributed by atoms with Crippen LogP contribution in [0.25, 0.3) is 0 Å². The molecule has 0 radical (unpaired) electrons. The normalized spacial score (nSPS) is 18.3. The van der Waals surface area contributed by atoms with Crippen LogP contribution in [-0.4, -0.2) is 32.4 Å². The Labute approximate surface area is 177 Å². The molecule has 2 aromatic rings. The van der Waals surface area contributed by atoms with Crippen LogP contribution in [0.3, 0.4) is 0 Å². The van der Waals surface area contributed by atoms with Crippen LogP contribution in [0, 0.1) is 0 Å². The summed E-state index contributed by atoms with van der Waals surface area (Å²) in [6.07, 6.45) is 6.65. The highest BCUT2D eigenvalue weighted by atomic mass is 16.5. The smallest absolute Gasteiger partial charge is 0.272 e. The van der Waals surface area contributed by atoms with Crippen molar-refractivity contribution in [2.45, 2.75) is 70.5 Å². The van der Waals surface area contributed by atoms with Crippen LogP contribution in [0.15, 0.2) is 27.8 Å². The first-order valence-corrected chi connectivity index (χ1v) is 11.1. The number of benzene rings is 1. The molecule has 1 aliphatic carbocycles. The molecule has 0 amide bonds. The second kappa shape index (κ2) is 8.70. The van der Waals surface area contributed by atoms with Crippen molar-refractivity contribution in [2.24, 2.45) is 0 Å². The van der Waals surface area contributed by atoms with Gasteiger partial charge in [-0.15, -0.1) is 0 Å². The van der Waals surface area contributed by atoms with Gasteiger partial charge in [-0.1, -0.05) is 6.07 Å². The summed E-state index contributed by atoms with van der Waals surface area (Å²) in [4.78, 5) is 26.0. The average Bonchev–Trinajstić information content (AvgIpc) is 3.26. The Hall–Kier alpha value is -2.50. The van der Waals surface area contributed by atoms with Crippen molar-refractivity contribution < 1.29 is 14.2 Å². The first kappa shape index (κ1) is 20.8. The van der Waals surface area contributed by atoms with Gasteiger partial charge in [-0.05, 0) is 76.0 Å². The predicted octanol–water partition coefficient (Wildman–Crippen LogP) is 3.78. The van der Waals surface area contributed by atoms with Crippen LogP contribution in [0.4, 0.5) is 5.69 Å². The zero-order valence-corrected chi connectivity index (χ0v) is 18.1. The van der Waals surface area contributed by atoms with Crippen molar-refractivity contribution in [2.75, 3.05) is 25.1 Å². The molecule has 0 unspecified atom stereocenters. The SMILES string of the molecule is COc1ccc(C2CCN(c3c(OC(C)C)c(=O)c3=O)CC2)cc1OC1CCCC1. The number of nitrogens with zero attached hydrogens (tertiary/aromatic N) is 1. The highest BCUT2D eigenvalue weighted by molar-refractivity contribution is 5.64. The molecule has 1 aliphatic heterocycles. The Morgan fingerprint density at radius 2 is 1.67 bits per heavy atom. The summed E-state index contributed by atoms with van der Waals surface area (Å²) in [7, 11) is 1.68. The highest BCUT2D eigenvalue weighted by Crippen LogP contribution is 2.38. The van der Waals surface area contributed by atoms with Crippen molar-refractivity contribution in [1.82, 2.24) is 0 Å². The van der Waals surface area contributed by atoms with Gasteiger partial charge in [-0.3, -0.25) is 9.59 Å². The lowest BCUT2D eigenvalue weighted by molar-refractivity contribution is 0.200. The van der Waals surface area contributed by atoms with E-state index in [1.54, 1.807) is 7.11 Å². The summed E-state index contributed by atoms with van der Waals surface area (Å²) in [5.74, 6) is 2.24. The highest BCUT2D eigenvalue weighted by Gasteiger charge is 2.31. The Morgan fingerprint density at radius 3 is 2.30 bits per heavy atom. The van der Waals surface area contributed by atoms with Gasteiger partial charge in [-0.2, -0.15) is 0 Å². The van der Waals surface area contributed by atoms with Gasteiger partial charge in [0.1, 0.15) is 5.69 Å². The fourth-order valence-corrected chi connectivity index (χ4v) is 4.65. The largest absolute Gasteiger partial charge is 0.493 e. The maximum Gasteiger partial charge on any atom is 0.272 e. The van der Waals surface area contributed by atoms with E-state index in [-0.39, 0.29) is 18.0 Å². The minimum atomic E-state index is -0.496. The second-order valence-corrected chi connectivity index (χ2v) is 8.70. The van der Waals surface area contributed by atoms with Gasteiger partial charge >= 0.3 is 0 Å². The molecule has 2 aromatic carbocycles. The van der Waals surface area contributed by atoms with Crippen molar-refractivity contribution in [1.29, 1.82) is 0 Å². The molecular formula is C24H31NO5. The van der Waals surface area contributed by atoms with Crippen molar-refractivity contribution in [3.8, 4) is 17.2 Å². The van der Waals surface area contributed by atoms with E-state index < -0.39 is 10.9 Å². The molecule has 1 saturated heterocycles. The van der Waals surface area contributed by atoms with Crippen LogP contribution in [0.2, 0.25) is 0 Å². The first-order valence-electron chi connectivity index (χ1n) is 11.1. The third-order valence-corrected chi connectivity index (χ3v) is 6.26. The van der Waals surface area contributed by atoms with Crippen molar-refractivity contribution in [3.05, 3.63) is 44.2 Å². The molecule has 30 heavy (non-hydrogen) atoms. The fraction of sp³-hybridized carbons (Fsp3) is 0.583. The van der Waals surface area contributed by atoms with Crippen LogP contribution in [0.1, 0.15) is 63.9 Å². The summed E-state index contributed by atoms with van der Waals surface area (Å²) in [6, 6.07) is 6.24. The minimum Gasteiger partial charge on any atom is -0.493 e. The van der Waals surface area contributed by atoms with Gasteiger partial charge in [-0.25, -0.2) is 0 Å². The van der Waals surface area contributed by atoms with Crippen LogP contribution in [-0.2, 0) is 0 Å². The van der Waals surface area contributed by atoms with Crippen LogP contribution in [0.5, 0.6) is 17.2 Å². The molecule has 6 heteroatoms. The van der Waals surface area contributed by atoms with E-state index in [0.717, 1.165) is 50.3 Å².